The van der Waals surface area contributed by atoms with Gasteiger partial charge in [0.2, 0.25) is 0 Å². The quantitative estimate of drug-likeness (QED) is 0.408. The van der Waals surface area contributed by atoms with E-state index in [1.165, 1.54) is 15.3 Å². The maximum atomic E-state index is 13.1. The molecule has 2 heterocycles. The van der Waals surface area contributed by atoms with Crippen LogP contribution in [0.2, 0.25) is 0 Å². The maximum Gasteiger partial charge on any atom is 0.493 e. The van der Waals surface area contributed by atoms with Crippen LogP contribution in [-0.4, -0.2) is 58.0 Å². The molecule has 1 unspecified atom stereocenters. The van der Waals surface area contributed by atoms with Gasteiger partial charge in [0.05, 0.1) is 5.52 Å². The lowest BCUT2D eigenvalue weighted by molar-refractivity contribution is -0.208. The van der Waals surface area contributed by atoms with Gasteiger partial charge in [0.1, 0.15) is 18.4 Å². The van der Waals surface area contributed by atoms with Gasteiger partial charge in [-0.25, -0.2) is 9.59 Å². The van der Waals surface area contributed by atoms with E-state index in [1.807, 2.05) is 61.5 Å². The molecular weight excluding hydrogens is 529 g/mol. The van der Waals surface area contributed by atoms with Crippen LogP contribution in [0.3, 0.4) is 0 Å². The van der Waals surface area contributed by atoms with Crippen molar-refractivity contribution >= 4 is 28.8 Å². The molecule has 12 heteroatoms. The third-order valence-electron chi connectivity index (χ3n) is 6.46. The SMILES string of the molecule is Cc1cc(COc2ccc(CN3CCN(C(C(=O)NOC(=O)C(F)(F)F)C(C)C)C3=O)cc2)c2ccccc2n1. The number of hydrogen-bond acceptors (Lipinski definition) is 6. The van der Waals surface area contributed by atoms with Gasteiger partial charge in [0, 0.05) is 36.3 Å². The zero-order valence-electron chi connectivity index (χ0n) is 22.2. The number of rotatable bonds is 8. The number of urea groups is 1. The third-order valence-corrected chi connectivity index (χ3v) is 6.46. The zero-order valence-corrected chi connectivity index (χ0v) is 22.2. The Balaban J connectivity index is 1.35. The molecule has 3 aromatic rings. The van der Waals surface area contributed by atoms with Gasteiger partial charge in [-0.2, -0.15) is 18.7 Å². The second kappa shape index (κ2) is 11.8. The standard InChI is InChI=1S/C28H29F3N4O5/c1-17(2)24(25(36)33-40-26(37)28(29,30)31)35-13-12-34(27(35)38)15-19-8-10-21(11-9-19)39-16-20-14-18(3)32-23-7-5-4-6-22(20)23/h4-11,14,17,24H,12-13,15-16H2,1-3H3,(H,33,36). The molecule has 0 aliphatic carbocycles. The van der Waals surface area contributed by atoms with Crippen molar-refractivity contribution in [2.75, 3.05) is 13.1 Å². The lowest BCUT2D eigenvalue weighted by Gasteiger charge is -2.29. The Bertz CT molecular complexity index is 1390. The largest absolute Gasteiger partial charge is 0.493 e. The van der Waals surface area contributed by atoms with Crippen molar-refractivity contribution in [3.63, 3.8) is 0 Å². The summed E-state index contributed by atoms with van der Waals surface area (Å²) in [5, 5.41) is 1.02. The Kier molecular flexibility index (Phi) is 8.46. The van der Waals surface area contributed by atoms with Crippen LogP contribution in [0.25, 0.3) is 10.9 Å². The Morgan fingerprint density at radius 1 is 1.07 bits per heavy atom. The lowest BCUT2D eigenvalue weighted by atomic mass is 10.0. The number of hydroxylamine groups is 1. The number of fused-ring (bicyclic) bond motifs is 1. The number of nitrogens with one attached hydrogen (secondary N) is 1. The predicted molar refractivity (Wildman–Crippen MR) is 139 cm³/mol. The minimum absolute atomic E-state index is 0.183. The van der Waals surface area contributed by atoms with Crippen LogP contribution in [0.1, 0.15) is 30.7 Å². The maximum absolute atomic E-state index is 13.1. The molecule has 1 fully saturated rings. The monoisotopic (exact) mass is 558 g/mol. The Hall–Kier alpha value is -4.35. The molecule has 40 heavy (non-hydrogen) atoms. The Morgan fingerprint density at radius 2 is 1.77 bits per heavy atom. The van der Waals surface area contributed by atoms with Gasteiger partial charge in [-0.3, -0.25) is 9.78 Å². The molecule has 0 bridgehead atoms. The van der Waals surface area contributed by atoms with Crippen molar-refractivity contribution in [3.8, 4) is 5.75 Å². The summed E-state index contributed by atoms with van der Waals surface area (Å²) in [6.07, 6.45) is -5.26. The molecule has 1 N–H and O–H groups in total. The normalized spacial score (nSPS) is 14.5. The first kappa shape index (κ1) is 28.7. The summed E-state index contributed by atoms with van der Waals surface area (Å²) in [5.74, 6) is -3.36. The van der Waals surface area contributed by atoms with E-state index in [2.05, 4.69) is 9.82 Å². The number of amides is 3. The second-order valence-corrected chi connectivity index (χ2v) is 9.81. The smallest absolute Gasteiger partial charge is 0.489 e. The molecule has 2 aromatic carbocycles. The van der Waals surface area contributed by atoms with Crippen LogP contribution in [0.15, 0.2) is 54.6 Å². The molecule has 0 saturated carbocycles. The molecule has 0 spiro atoms. The number of aryl methyl sites for hydroxylation is 1. The highest BCUT2D eigenvalue weighted by atomic mass is 19.4. The Labute approximate surface area is 228 Å². The van der Waals surface area contributed by atoms with Crippen LogP contribution in [0, 0.1) is 12.8 Å². The number of alkyl halides is 3. The first-order chi connectivity index (χ1) is 18.9. The zero-order chi connectivity index (χ0) is 29.0. The van der Waals surface area contributed by atoms with Gasteiger partial charge in [-0.05, 0) is 42.7 Å². The summed E-state index contributed by atoms with van der Waals surface area (Å²) in [6.45, 7) is 6.33. The molecule has 0 radical (unpaired) electrons. The molecule has 1 aromatic heterocycles. The Morgan fingerprint density at radius 3 is 2.45 bits per heavy atom. The predicted octanol–water partition coefficient (Wildman–Crippen LogP) is 4.52. The van der Waals surface area contributed by atoms with Crippen molar-refractivity contribution in [2.45, 2.75) is 46.1 Å². The third kappa shape index (κ3) is 6.61. The van der Waals surface area contributed by atoms with Crippen molar-refractivity contribution in [2.24, 2.45) is 5.92 Å². The van der Waals surface area contributed by atoms with Crippen molar-refractivity contribution in [3.05, 3.63) is 71.4 Å². The van der Waals surface area contributed by atoms with E-state index in [4.69, 9.17) is 4.74 Å². The van der Waals surface area contributed by atoms with Crippen LogP contribution >= 0.6 is 0 Å². The number of carbonyl (C=O) groups excluding carboxylic acids is 3. The number of hydrogen-bond donors (Lipinski definition) is 1. The molecule has 1 aliphatic heterocycles. The number of nitrogens with zero attached hydrogens (tertiary/aromatic N) is 3. The van der Waals surface area contributed by atoms with E-state index in [9.17, 15) is 27.6 Å². The van der Waals surface area contributed by atoms with Crippen molar-refractivity contribution in [1.82, 2.24) is 20.3 Å². The molecular formula is C28H29F3N4O5. The minimum Gasteiger partial charge on any atom is -0.489 e. The topological polar surface area (TPSA) is 101 Å². The number of ether oxygens (including phenoxy) is 1. The van der Waals surface area contributed by atoms with E-state index in [1.54, 1.807) is 13.8 Å². The number of para-hydroxylation sites is 1. The molecule has 3 amide bonds. The fourth-order valence-electron chi connectivity index (χ4n) is 4.61. The fourth-order valence-corrected chi connectivity index (χ4v) is 4.61. The van der Waals surface area contributed by atoms with Gasteiger partial charge in [0.15, 0.2) is 0 Å². The molecule has 1 atom stereocenters. The summed E-state index contributed by atoms with van der Waals surface area (Å²) in [7, 11) is 0. The first-order valence-electron chi connectivity index (χ1n) is 12.6. The fraction of sp³-hybridized carbons (Fsp3) is 0.357. The highest BCUT2D eigenvalue weighted by Crippen LogP contribution is 2.24. The van der Waals surface area contributed by atoms with E-state index < -0.39 is 36.0 Å². The van der Waals surface area contributed by atoms with Crippen molar-refractivity contribution < 1.29 is 37.1 Å². The van der Waals surface area contributed by atoms with Gasteiger partial charge in [-0.15, -0.1) is 0 Å². The molecule has 212 valence electrons. The van der Waals surface area contributed by atoms with Crippen molar-refractivity contribution in [1.29, 1.82) is 0 Å². The van der Waals surface area contributed by atoms with Gasteiger partial charge in [0.25, 0.3) is 5.91 Å². The first-order valence-corrected chi connectivity index (χ1v) is 12.6. The lowest BCUT2D eigenvalue weighted by Crippen LogP contribution is -2.52. The average Bonchev–Trinajstić information content (AvgIpc) is 3.25. The number of benzene rings is 2. The molecule has 9 nitrogen and oxygen atoms in total. The van der Waals surface area contributed by atoms with Gasteiger partial charge < -0.3 is 19.4 Å². The number of aromatic nitrogens is 1. The van der Waals surface area contributed by atoms with E-state index in [0.717, 1.165) is 27.7 Å². The average molecular weight is 559 g/mol. The van der Waals surface area contributed by atoms with Crippen LogP contribution in [-0.2, 0) is 27.6 Å². The number of pyridine rings is 1. The van der Waals surface area contributed by atoms with Crippen LogP contribution in [0.5, 0.6) is 5.75 Å². The minimum atomic E-state index is -5.26. The summed E-state index contributed by atoms with van der Waals surface area (Å²) >= 11 is 0. The highest BCUT2D eigenvalue weighted by molar-refractivity contribution is 5.89. The molecule has 1 saturated heterocycles. The van der Waals surface area contributed by atoms with E-state index >= 15 is 0 Å². The van der Waals surface area contributed by atoms with Crippen LogP contribution < -0.4 is 10.2 Å². The number of halogens is 3. The van der Waals surface area contributed by atoms with Gasteiger partial charge >= 0.3 is 18.2 Å². The molecule has 1 aliphatic rings. The van der Waals surface area contributed by atoms with Gasteiger partial charge in [-0.1, -0.05) is 44.2 Å². The van der Waals surface area contributed by atoms with Crippen LogP contribution in [0.4, 0.5) is 18.0 Å². The summed E-state index contributed by atoms with van der Waals surface area (Å²) in [6, 6.07) is 15.6. The number of carbonyl (C=O) groups is 3. The summed E-state index contributed by atoms with van der Waals surface area (Å²) in [4.78, 5) is 47.8. The highest BCUT2D eigenvalue weighted by Gasteiger charge is 2.43. The van der Waals surface area contributed by atoms with E-state index in [0.29, 0.717) is 18.9 Å². The van der Waals surface area contributed by atoms with E-state index in [-0.39, 0.29) is 13.1 Å². The summed E-state index contributed by atoms with van der Waals surface area (Å²) < 4.78 is 43.2. The second-order valence-electron chi connectivity index (χ2n) is 9.81. The molecule has 4 rings (SSSR count). The summed E-state index contributed by atoms with van der Waals surface area (Å²) in [5.41, 5.74) is 5.19.